The van der Waals surface area contributed by atoms with Gasteiger partial charge in [-0.2, -0.15) is 11.8 Å². The van der Waals surface area contributed by atoms with Crippen molar-refractivity contribution in [3.63, 3.8) is 0 Å². The van der Waals surface area contributed by atoms with E-state index in [1.165, 1.54) is 12.2 Å². The number of carboxylic acid groups (broad SMARTS) is 1. The van der Waals surface area contributed by atoms with Gasteiger partial charge in [0.2, 0.25) is 0 Å². The molecule has 0 radical (unpaired) electrons. The second kappa shape index (κ2) is 4.61. The average Bonchev–Trinajstić information content (AvgIpc) is 2.62. The van der Waals surface area contributed by atoms with Gasteiger partial charge < -0.3 is 9.67 Å². The summed E-state index contributed by atoms with van der Waals surface area (Å²) in [6, 6.07) is 2.00. The number of nitrogens with zero attached hydrogens (tertiary/aromatic N) is 1. The van der Waals surface area contributed by atoms with Crippen molar-refractivity contribution in [2.45, 2.75) is 18.9 Å². The zero-order chi connectivity index (χ0) is 10.8. The number of halogens is 1. The van der Waals surface area contributed by atoms with Crippen LogP contribution in [-0.2, 0) is 0 Å². The number of aromatic carboxylic acids is 1. The van der Waals surface area contributed by atoms with Crippen LogP contribution in [0.5, 0.6) is 0 Å². The van der Waals surface area contributed by atoms with Crippen molar-refractivity contribution in [2.24, 2.45) is 0 Å². The fraction of sp³-hybridized carbons (Fsp3) is 0.500. The van der Waals surface area contributed by atoms with Crippen LogP contribution in [0.1, 0.15) is 29.4 Å². The summed E-state index contributed by atoms with van der Waals surface area (Å²) >= 11 is 5.23. The Morgan fingerprint density at radius 3 is 3.07 bits per heavy atom. The van der Waals surface area contributed by atoms with Crippen LogP contribution in [0, 0.1) is 0 Å². The number of hydrogen-bond donors (Lipinski definition) is 1. The predicted octanol–water partition coefficient (Wildman–Crippen LogP) is 3.02. The van der Waals surface area contributed by atoms with Crippen LogP contribution in [-0.4, -0.2) is 27.1 Å². The van der Waals surface area contributed by atoms with Crippen LogP contribution in [0.2, 0.25) is 0 Å². The largest absolute Gasteiger partial charge is 0.477 e. The van der Waals surface area contributed by atoms with Crippen molar-refractivity contribution in [1.29, 1.82) is 0 Å². The Morgan fingerprint density at radius 1 is 1.67 bits per heavy atom. The minimum absolute atomic E-state index is 0.334. The van der Waals surface area contributed by atoms with E-state index in [1.54, 1.807) is 6.07 Å². The number of carboxylic acids is 1. The molecular formula is C10H12BrNO2S. The van der Waals surface area contributed by atoms with Gasteiger partial charge in [0.05, 0.1) is 0 Å². The van der Waals surface area contributed by atoms with Crippen molar-refractivity contribution >= 4 is 33.7 Å². The van der Waals surface area contributed by atoms with Crippen molar-refractivity contribution in [2.75, 3.05) is 11.5 Å². The molecule has 1 aromatic heterocycles. The second-order valence-electron chi connectivity index (χ2n) is 3.63. The van der Waals surface area contributed by atoms with E-state index in [4.69, 9.17) is 5.11 Å². The van der Waals surface area contributed by atoms with Crippen molar-refractivity contribution in [3.05, 3.63) is 22.4 Å². The molecule has 1 atom stereocenters. The molecule has 2 heterocycles. The summed E-state index contributed by atoms with van der Waals surface area (Å²) in [6.45, 7) is 0. The van der Waals surface area contributed by atoms with Crippen LogP contribution in [0.15, 0.2) is 16.7 Å². The number of aromatic nitrogens is 1. The summed E-state index contributed by atoms with van der Waals surface area (Å²) in [5.74, 6) is 1.36. The molecule has 1 fully saturated rings. The lowest BCUT2D eigenvalue weighted by Gasteiger charge is -2.24. The van der Waals surface area contributed by atoms with E-state index >= 15 is 0 Å². The Bertz CT molecular complexity index is 371. The lowest BCUT2D eigenvalue weighted by molar-refractivity contribution is 0.0682. The van der Waals surface area contributed by atoms with Crippen molar-refractivity contribution in [1.82, 2.24) is 4.57 Å². The summed E-state index contributed by atoms with van der Waals surface area (Å²) in [7, 11) is 0. The van der Waals surface area contributed by atoms with Gasteiger partial charge in [-0.05, 0) is 40.6 Å². The first-order chi connectivity index (χ1) is 7.18. The Balaban J connectivity index is 2.28. The molecule has 1 aliphatic rings. The average molecular weight is 290 g/mol. The lowest BCUT2D eigenvalue weighted by atomic mass is 10.2. The summed E-state index contributed by atoms with van der Waals surface area (Å²) in [4.78, 5) is 11.0. The van der Waals surface area contributed by atoms with E-state index in [9.17, 15) is 4.79 Å². The zero-order valence-corrected chi connectivity index (χ0v) is 10.6. The van der Waals surface area contributed by atoms with E-state index in [1.807, 2.05) is 22.5 Å². The van der Waals surface area contributed by atoms with Crippen LogP contribution >= 0.6 is 27.7 Å². The van der Waals surface area contributed by atoms with E-state index in [-0.39, 0.29) is 0 Å². The highest BCUT2D eigenvalue weighted by Crippen LogP contribution is 2.30. The molecule has 5 heteroatoms. The molecule has 0 aromatic carbocycles. The summed E-state index contributed by atoms with van der Waals surface area (Å²) in [6.07, 6.45) is 4.12. The molecule has 1 unspecified atom stereocenters. The molecule has 2 rings (SSSR count). The molecule has 0 spiro atoms. The minimum Gasteiger partial charge on any atom is -0.477 e. The summed E-state index contributed by atoms with van der Waals surface area (Å²) < 4.78 is 2.73. The highest BCUT2D eigenvalue weighted by Gasteiger charge is 2.21. The third-order valence-corrected chi connectivity index (χ3v) is 4.20. The van der Waals surface area contributed by atoms with Gasteiger partial charge in [0, 0.05) is 22.5 Å². The Kier molecular flexibility index (Phi) is 3.41. The Labute approximate surface area is 101 Å². The molecule has 15 heavy (non-hydrogen) atoms. The quantitative estimate of drug-likeness (QED) is 0.910. The second-order valence-corrected chi connectivity index (χ2v) is 5.69. The van der Waals surface area contributed by atoms with Crippen molar-refractivity contribution in [3.8, 4) is 0 Å². The van der Waals surface area contributed by atoms with Gasteiger partial charge in [-0.1, -0.05) is 0 Å². The maximum atomic E-state index is 11.0. The number of carbonyl (C=O) groups is 1. The number of rotatable bonds is 2. The standard InChI is InChI=1S/C10H12BrNO2S/c11-7-4-9(10(13)14)12(5-7)8-2-1-3-15-6-8/h4-5,8H,1-3,6H2,(H,13,14). The monoisotopic (exact) mass is 289 g/mol. The lowest BCUT2D eigenvalue weighted by Crippen LogP contribution is -2.19. The van der Waals surface area contributed by atoms with Crippen LogP contribution in [0.4, 0.5) is 0 Å². The zero-order valence-electron chi connectivity index (χ0n) is 8.15. The molecule has 3 nitrogen and oxygen atoms in total. The van der Waals surface area contributed by atoms with Crippen LogP contribution in [0.3, 0.4) is 0 Å². The molecular weight excluding hydrogens is 278 g/mol. The smallest absolute Gasteiger partial charge is 0.352 e. The normalized spacial score (nSPS) is 21.5. The number of hydrogen-bond acceptors (Lipinski definition) is 2. The molecule has 82 valence electrons. The Hall–Kier alpha value is -0.420. The molecule has 0 bridgehead atoms. The first kappa shape index (κ1) is 11.1. The third kappa shape index (κ3) is 2.39. The van der Waals surface area contributed by atoms with Gasteiger partial charge in [-0.15, -0.1) is 0 Å². The van der Waals surface area contributed by atoms with Gasteiger partial charge >= 0.3 is 5.97 Å². The molecule has 0 amide bonds. The van der Waals surface area contributed by atoms with Gasteiger partial charge in [0.1, 0.15) is 5.69 Å². The van der Waals surface area contributed by atoms with Crippen molar-refractivity contribution < 1.29 is 9.90 Å². The maximum absolute atomic E-state index is 11.0. The van der Waals surface area contributed by atoms with E-state index in [2.05, 4.69) is 15.9 Å². The molecule has 1 aromatic rings. The first-order valence-electron chi connectivity index (χ1n) is 4.87. The van der Waals surface area contributed by atoms with E-state index in [0.29, 0.717) is 11.7 Å². The van der Waals surface area contributed by atoms with E-state index < -0.39 is 5.97 Å². The minimum atomic E-state index is -0.851. The fourth-order valence-corrected chi connectivity index (χ4v) is 3.44. The molecule has 1 N–H and O–H groups in total. The van der Waals surface area contributed by atoms with Crippen LogP contribution in [0.25, 0.3) is 0 Å². The molecule has 1 aliphatic heterocycles. The molecule has 0 aliphatic carbocycles. The van der Waals surface area contributed by atoms with E-state index in [0.717, 1.165) is 16.6 Å². The van der Waals surface area contributed by atoms with Gasteiger partial charge in [-0.3, -0.25) is 0 Å². The summed E-state index contributed by atoms with van der Waals surface area (Å²) in [5.41, 5.74) is 0.384. The van der Waals surface area contributed by atoms with Gasteiger partial charge in [-0.25, -0.2) is 4.79 Å². The first-order valence-corrected chi connectivity index (χ1v) is 6.81. The Morgan fingerprint density at radius 2 is 2.47 bits per heavy atom. The van der Waals surface area contributed by atoms with Gasteiger partial charge in [0.15, 0.2) is 0 Å². The molecule has 0 saturated carbocycles. The fourth-order valence-electron chi connectivity index (χ4n) is 1.86. The summed E-state index contributed by atoms with van der Waals surface area (Å²) in [5, 5.41) is 9.06. The third-order valence-electron chi connectivity index (χ3n) is 2.56. The molecule has 1 saturated heterocycles. The predicted molar refractivity (Wildman–Crippen MR) is 64.7 cm³/mol. The number of thioether (sulfide) groups is 1. The topological polar surface area (TPSA) is 42.2 Å². The maximum Gasteiger partial charge on any atom is 0.352 e. The SMILES string of the molecule is O=C(O)c1cc(Br)cn1C1CCCSC1. The van der Waals surface area contributed by atoms with Gasteiger partial charge in [0.25, 0.3) is 0 Å². The van der Waals surface area contributed by atoms with Crippen LogP contribution < -0.4 is 0 Å². The highest BCUT2D eigenvalue weighted by molar-refractivity contribution is 9.10. The highest BCUT2D eigenvalue weighted by atomic mass is 79.9.